The number of benzene rings is 1. The van der Waals surface area contributed by atoms with Gasteiger partial charge in [0.15, 0.2) is 28.5 Å². The molecule has 0 saturated carbocycles. The molecule has 0 bridgehead atoms. The fraction of sp³-hybridized carbons (Fsp3) is 0.333. The summed E-state index contributed by atoms with van der Waals surface area (Å²) in [6, 6.07) is 5.61. The van der Waals surface area contributed by atoms with Gasteiger partial charge in [0.1, 0.15) is 12.1 Å². The summed E-state index contributed by atoms with van der Waals surface area (Å²) >= 11 is 0. The van der Waals surface area contributed by atoms with Gasteiger partial charge in [-0.15, -0.1) is 0 Å². The molecule has 0 amide bonds. The number of hydrogen-bond donors (Lipinski definition) is 2. The summed E-state index contributed by atoms with van der Waals surface area (Å²) in [7, 11) is 6.58. The van der Waals surface area contributed by atoms with Gasteiger partial charge < -0.3 is 24.8 Å². The maximum absolute atomic E-state index is 5.45. The first kappa shape index (κ1) is 21.2. The van der Waals surface area contributed by atoms with E-state index in [1.807, 2.05) is 29.8 Å². The molecule has 1 aromatic carbocycles. The highest BCUT2D eigenvalue weighted by Crippen LogP contribution is 2.41. The molecule has 0 fully saturated rings. The second-order valence-electron chi connectivity index (χ2n) is 7.30. The highest BCUT2D eigenvalue weighted by molar-refractivity contribution is 5.88. The van der Waals surface area contributed by atoms with Crippen molar-refractivity contribution in [3.8, 4) is 17.2 Å². The number of nitrogens with zero attached hydrogens (tertiary/aromatic N) is 6. The van der Waals surface area contributed by atoms with Crippen molar-refractivity contribution in [2.45, 2.75) is 19.9 Å². The molecular weight excluding hydrogens is 412 g/mol. The molecule has 4 rings (SSSR count). The van der Waals surface area contributed by atoms with Crippen LogP contribution in [0.1, 0.15) is 19.9 Å². The lowest BCUT2D eigenvalue weighted by Gasteiger charge is -2.15. The maximum Gasteiger partial charge on any atom is 0.211 e. The zero-order valence-electron chi connectivity index (χ0n) is 18.9. The number of aryl methyl sites for hydroxylation is 1. The first-order chi connectivity index (χ1) is 15.5. The van der Waals surface area contributed by atoms with Crippen LogP contribution in [0, 0.1) is 0 Å². The van der Waals surface area contributed by atoms with Gasteiger partial charge in [0.2, 0.25) is 11.7 Å². The molecule has 0 spiro atoms. The maximum atomic E-state index is 5.45. The SMILES string of the molecule is COc1cc(Nc2ncnc3c2nc(Nc2ccnn2C)n3C(C)C)cc(OC)c1OC. The van der Waals surface area contributed by atoms with Gasteiger partial charge in [-0.05, 0) is 13.8 Å². The Morgan fingerprint density at radius 3 is 2.25 bits per heavy atom. The number of aromatic nitrogens is 6. The lowest BCUT2D eigenvalue weighted by atomic mass is 10.2. The summed E-state index contributed by atoms with van der Waals surface area (Å²) in [5, 5.41) is 10.8. The van der Waals surface area contributed by atoms with Crippen molar-refractivity contribution >= 4 is 34.4 Å². The lowest BCUT2D eigenvalue weighted by molar-refractivity contribution is 0.324. The van der Waals surface area contributed by atoms with Crippen molar-refractivity contribution in [2.75, 3.05) is 32.0 Å². The predicted octanol–water partition coefficient (Wildman–Crippen LogP) is 3.65. The Balaban J connectivity index is 1.79. The molecule has 0 aliphatic heterocycles. The molecule has 0 radical (unpaired) electrons. The van der Waals surface area contributed by atoms with E-state index >= 15 is 0 Å². The number of hydrogen-bond acceptors (Lipinski definition) is 9. The van der Waals surface area contributed by atoms with E-state index < -0.39 is 0 Å². The number of ether oxygens (including phenoxy) is 3. The third-order valence-electron chi connectivity index (χ3n) is 4.98. The van der Waals surface area contributed by atoms with Crippen LogP contribution in [-0.2, 0) is 7.05 Å². The molecule has 3 aromatic heterocycles. The molecular formula is C21H26N8O3. The minimum Gasteiger partial charge on any atom is -0.493 e. The highest BCUT2D eigenvalue weighted by Gasteiger charge is 2.20. The van der Waals surface area contributed by atoms with Crippen LogP contribution in [0.25, 0.3) is 11.2 Å². The van der Waals surface area contributed by atoms with E-state index in [0.717, 1.165) is 5.82 Å². The standard InChI is InChI=1S/C21H26N8O3/c1-12(2)29-20-17(27-21(29)26-16-7-8-24-28(16)3)19(22-11-23-20)25-13-9-14(30-4)18(32-6)15(10-13)31-5/h7-12H,1-6H3,(H,26,27)(H,22,23,25). The van der Waals surface area contributed by atoms with Crippen LogP contribution >= 0.6 is 0 Å². The zero-order valence-corrected chi connectivity index (χ0v) is 18.9. The molecule has 2 N–H and O–H groups in total. The van der Waals surface area contributed by atoms with Crippen LogP contribution in [0.5, 0.6) is 17.2 Å². The normalized spacial score (nSPS) is 11.1. The fourth-order valence-electron chi connectivity index (χ4n) is 3.48. The quantitative estimate of drug-likeness (QED) is 0.425. The molecule has 11 nitrogen and oxygen atoms in total. The first-order valence-electron chi connectivity index (χ1n) is 10.0. The molecule has 0 atom stereocenters. The minimum atomic E-state index is 0.111. The Kier molecular flexibility index (Phi) is 5.71. The van der Waals surface area contributed by atoms with Gasteiger partial charge in [0, 0.05) is 37.0 Å². The van der Waals surface area contributed by atoms with Gasteiger partial charge in [-0.25, -0.2) is 15.0 Å². The summed E-state index contributed by atoms with van der Waals surface area (Å²) in [6.45, 7) is 4.15. The topological polar surface area (TPSA) is 113 Å². The number of anilines is 4. The molecule has 0 unspecified atom stereocenters. The van der Waals surface area contributed by atoms with Gasteiger partial charge in [-0.1, -0.05) is 0 Å². The largest absolute Gasteiger partial charge is 0.493 e. The van der Waals surface area contributed by atoms with Crippen LogP contribution < -0.4 is 24.8 Å². The Bertz CT molecular complexity index is 1220. The number of imidazole rings is 1. The summed E-state index contributed by atoms with van der Waals surface area (Å²) in [5.41, 5.74) is 2.04. The van der Waals surface area contributed by atoms with Crippen LogP contribution in [0.4, 0.5) is 23.3 Å². The summed E-state index contributed by atoms with van der Waals surface area (Å²) in [5.74, 6) is 3.59. The van der Waals surface area contributed by atoms with Crippen LogP contribution in [0.3, 0.4) is 0 Å². The van der Waals surface area contributed by atoms with Crippen molar-refractivity contribution < 1.29 is 14.2 Å². The Hall–Kier alpha value is -4.02. The van der Waals surface area contributed by atoms with Crippen LogP contribution in [0.2, 0.25) is 0 Å². The van der Waals surface area contributed by atoms with E-state index in [1.54, 1.807) is 32.2 Å². The predicted molar refractivity (Wildman–Crippen MR) is 122 cm³/mol. The van der Waals surface area contributed by atoms with Crippen molar-refractivity contribution in [3.05, 3.63) is 30.7 Å². The molecule has 0 aliphatic rings. The third-order valence-corrected chi connectivity index (χ3v) is 4.98. The Morgan fingerprint density at radius 1 is 0.969 bits per heavy atom. The van der Waals surface area contributed by atoms with Gasteiger partial charge in [0.05, 0.1) is 27.5 Å². The summed E-state index contributed by atoms with van der Waals surface area (Å²) in [4.78, 5) is 13.7. The molecule has 0 aliphatic carbocycles. The third kappa shape index (κ3) is 3.72. The molecule has 168 valence electrons. The number of rotatable bonds is 8. The Morgan fingerprint density at radius 2 is 1.69 bits per heavy atom. The monoisotopic (exact) mass is 438 g/mol. The number of fused-ring (bicyclic) bond motifs is 1. The van der Waals surface area contributed by atoms with Crippen LogP contribution in [-0.4, -0.2) is 50.6 Å². The van der Waals surface area contributed by atoms with Gasteiger partial charge >= 0.3 is 0 Å². The second kappa shape index (κ2) is 8.61. The van der Waals surface area contributed by atoms with E-state index in [4.69, 9.17) is 19.2 Å². The average Bonchev–Trinajstić information content (AvgIpc) is 3.36. The van der Waals surface area contributed by atoms with Gasteiger partial charge in [0.25, 0.3) is 0 Å². The highest BCUT2D eigenvalue weighted by atomic mass is 16.5. The minimum absolute atomic E-state index is 0.111. The van der Waals surface area contributed by atoms with E-state index in [1.165, 1.54) is 6.33 Å². The molecule has 3 heterocycles. The van der Waals surface area contributed by atoms with Crippen LogP contribution in [0.15, 0.2) is 30.7 Å². The number of nitrogens with one attached hydrogen (secondary N) is 2. The van der Waals surface area contributed by atoms with Crippen molar-refractivity contribution in [1.29, 1.82) is 0 Å². The molecule has 0 saturated heterocycles. The molecule has 4 aromatic rings. The number of methoxy groups -OCH3 is 3. The smallest absolute Gasteiger partial charge is 0.211 e. The van der Waals surface area contributed by atoms with E-state index in [0.29, 0.717) is 45.9 Å². The van der Waals surface area contributed by atoms with Crippen molar-refractivity contribution in [1.82, 2.24) is 29.3 Å². The van der Waals surface area contributed by atoms with E-state index in [9.17, 15) is 0 Å². The average molecular weight is 438 g/mol. The first-order valence-corrected chi connectivity index (χ1v) is 10.0. The van der Waals surface area contributed by atoms with Gasteiger partial charge in [-0.3, -0.25) is 9.25 Å². The fourth-order valence-corrected chi connectivity index (χ4v) is 3.48. The van der Waals surface area contributed by atoms with Crippen molar-refractivity contribution in [2.24, 2.45) is 7.05 Å². The summed E-state index contributed by atoms with van der Waals surface area (Å²) in [6.07, 6.45) is 3.24. The van der Waals surface area contributed by atoms with E-state index in [-0.39, 0.29) is 6.04 Å². The zero-order chi connectivity index (χ0) is 22.8. The van der Waals surface area contributed by atoms with Gasteiger partial charge in [-0.2, -0.15) is 5.10 Å². The summed E-state index contributed by atoms with van der Waals surface area (Å²) < 4.78 is 20.1. The Labute approximate surface area is 185 Å². The molecule has 11 heteroatoms. The molecule has 32 heavy (non-hydrogen) atoms. The van der Waals surface area contributed by atoms with Crippen molar-refractivity contribution in [3.63, 3.8) is 0 Å². The second-order valence-corrected chi connectivity index (χ2v) is 7.30. The van der Waals surface area contributed by atoms with E-state index in [2.05, 4.69) is 39.5 Å². The lowest BCUT2D eigenvalue weighted by Crippen LogP contribution is -2.08.